The van der Waals surface area contributed by atoms with Crippen LogP contribution in [-0.2, 0) is 26.5 Å². The number of rotatable bonds is 11. The fourth-order valence-corrected chi connectivity index (χ4v) is 5.00. The van der Waals surface area contributed by atoms with Gasteiger partial charge in [0.2, 0.25) is 20.0 Å². The van der Waals surface area contributed by atoms with E-state index in [1.165, 1.54) is 11.1 Å². The lowest BCUT2D eigenvalue weighted by Gasteiger charge is -2.28. The van der Waals surface area contributed by atoms with Crippen LogP contribution in [-0.4, -0.2) is 40.9 Å². The first kappa shape index (κ1) is 25.0. The van der Waals surface area contributed by atoms with Crippen molar-refractivity contribution in [1.29, 1.82) is 0 Å². The van der Waals surface area contributed by atoms with Crippen molar-refractivity contribution in [2.24, 2.45) is 11.8 Å². The molecule has 0 radical (unpaired) electrons. The van der Waals surface area contributed by atoms with E-state index >= 15 is 0 Å². The van der Waals surface area contributed by atoms with E-state index in [1.807, 2.05) is 0 Å². The molecule has 2 rings (SSSR count). The summed E-state index contributed by atoms with van der Waals surface area (Å²) in [5.74, 6) is 0.878. The zero-order chi connectivity index (χ0) is 22.4. The number of nitrogens with one attached hydrogen (secondary N) is 2. The van der Waals surface area contributed by atoms with Crippen LogP contribution in [0, 0.1) is 11.8 Å². The molecule has 6 nitrogen and oxygen atoms in total. The Kier molecular flexibility index (Phi) is 9.09. The first-order valence-electron chi connectivity index (χ1n) is 10.8. The van der Waals surface area contributed by atoms with Crippen LogP contribution in [0.5, 0.6) is 0 Å². The standard InChI is InChI=1S/C22H36N2O4S2/c1-5-29(25,26)23-15-14-19-6-8-21(9-7-19)22-12-10-20(11-13-22)18(4)16-24-30(27,28)17(2)3/h6-9,12,17-18,20,23-24H,5,10-11,13-16H2,1-4H3. The maximum Gasteiger partial charge on any atom is 0.213 e. The van der Waals surface area contributed by atoms with Gasteiger partial charge in [0, 0.05) is 13.1 Å². The van der Waals surface area contributed by atoms with Crippen LogP contribution in [0.25, 0.3) is 5.57 Å². The van der Waals surface area contributed by atoms with Gasteiger partial charge in [-0.1, -0.05) is 37.3 Å². The normalized spacial score (nSPS) is 19.0. The third-order valence-corrected chi connectivity index (χ3v) is 9.14. The summed E-state index contributed by atoms with van der Waals surface area (Å²) < 4.78 is 52.2. The van der Waals surface area contributed by atoms with Gasteiger partial charge in [0.25, 0.3) is 0 Å². The van der Waals surface area contributed by atoms with Gasteiger partial charge in [0.05, 0.1) is 11.0 Å². The molecule has 0 bridgehead atoms. The Bertz CT molecular complexity index is 920. The number of sulfonamides is 2. The van der Waals surface area contributed by atoms with Crippen molar-refractivity contribution in [1.82, 2.24) is 9.44 Å². The summed E-state index contributed by atoms with van der Waals surface area (Å²) in [4.78, 5) is 0. The molecule has 1 aliphatic rings. The van der Waals surface area contributed by atoms with Crippen LogP contribution in [0.15, 0.2) is 30.3 Å². The molecule has 0 saturated carbocycles. The number of hydrogen-bond acceptors (Lipinski definition) is 4. The van der Waals surface area contributed by atoms with Crippen molar-refractivity contribution in [3.8, 4) is 0 Å². The summed E-state index contributed by atoms with van der Waals surface area (Å²) in [5.41, 5.74) is 3.65. The van der Waals surface area contributed by atoms with Crippen molar-refractivity contribution >= 4 is 25.6 Å². The summed E-state index contributed by atoms with van der Waals surface area (Å²) in [5, 5.41) is -0.405. The summed E-state index contributed by atoms with van der Waals surface area (Å²) in [6.45, 7) is 8.04. The van der Waals surface area contributed by atoms with Crippen LogP contribution in [0.4, 0.5) is 0 Å². The van der Waals surface area contributed by atoms with Gasteiger partial charge in [-0.15, -0.1) is 0 Å². The summed E-state index contributed by atoms with van der Waals surface area (Å²) in [6.07, 6.45) is 5.95. The molecular weight excluding hydrogens is 420 g/mol. The first-order chi connectivity index (χ1) is 14.0. The molecule has 0 aromatic heterocycles. The highest BCUT2D eigenvalue weighted by Crippen LogP contribution is 2.34. The highest BCUT2D eigenvalue weighted by Gasteiger charge is 2.23. The van der Waals surface area contributed by atoms with Crippen molar-refractivity contribution in [3.05, 3.63) is 41.5 Å². The minimum absolute atomic E-state index is 0.101. The lowest BCUT2D eigenvalue weighted by atomic mass is 9.80. The van der Waals surface area contributed by atoms with Gasteiger partial charge in [-0.05, 0) is 75.0 Å². The van der Waals surface area contributed by atoms with Crippen LogP contribution >= 0.6 is 0 Å². The Morgan fingerprint density at radius 3 is 2.23 bits per heavy atom. The minimum Gasteiger partial charge on any atom is -0.215 e. The molecule has 30 heavy (non-hydrogen) atoms. The van der Waals surface area contributed by atoms with Gasteiger partial charge < -0.3 is 0 Å². The van der Waals surface area contributed by atoms with E-state index < -0.39 is 25.3 Å². The van der Waals surface area contributed by atoms with Crippen molar-refractivity contribution < 1.29 is 16.8 Å². The van der Waals surface area contributed by atoms with Gasteiger partial charge in [-0.3, -0.25) is 0 Å². The predicted molar refractivity (Wildman–Crippen MR) is 124 cm³/mol. The largest absolute Gasteiger partial charge is 0.215 e. The molecule has 0 heterocycles. The second kappa shape index (κ2) is 10.9. The Hall–Kier alpha value is -1.22. The lowest BCUT2D eigenvalue weighted by Crippen LogP contribution is -2.36. The van der Waals surface area contributed by atoms with Crippen molar-refractivity contribution in [3.63, 3.8) is 0 Å². The van der Waals surface area contributed by atoms with Crippen molar-refractivity contribution in [2.75, 3.05) is 18.8 Å². The molecule has 2 atom stereocenters. The maximum absolute atomic E-state index is 12.0. The van der Waals surface area contributed by atoms with Gasteiger partial charge in [-0.2, -0.15) is 0 Å². The van der Waals surface area contributed by atoms with Crippen LogP contribution in [0.1, 0.15) is 58.1 Å². The molecule has 0 aliphatic heterocycles. The van der Waals surface area contributed by atoms with E-state index in [2.05, 4.69) is 46.7 Å². The van der Waals surface area contributed by atoms with E-state index in [9.17, 15) is 16.8 Å². The fraction of sp³-hybridized carbons (Fsp3) is 0.636. The van der Waals surface area contributed by atoms with Gasteiger partial charge >= 0.3 is 0 Å². The first-order valence-corrected chi connectivity index (χ1v) is 14.0. The molecule has 0 amide bonds. The third kappa shape index (κ3) is 7.48. The number of allylic oxidation sites excluding steroid dienone is 2. The quantitative estimate of drug-likeness (QED) is 0.534. The molecule has 1 aromatic carbocycles. The molecule has 2 N–H and O–H groups in total. The molecule has 8 heteroatoms. The van der Waals surface area contributed by atoms with E-state index in [1.54, 1.807) is 20.8 Å². The Morgan fingerprint density at radius 2 is 1.70 bits per heavy atom. The van der Waals surface area contributed by atoms with Crippen LogP contribution in [0.2, 0.25) is 0 Å². The van der Waals surface area contributed by atoms with E-state index in [0.717, 1.165) is 24.8 Å². The summed E-state index contributed by atoms with van der Waals surface area (Å²) in [7, 11) is -6.35. The molecular formula is C22H36N2O4S2. The Labute approximate surface area is 182 Å². The minimum atomic E-state index is -3.21. The Morgan fingerprint density at radius 1 is 1.03 bits per heavy atom. The highest BCUT2D eigenvalue weighted by molar-refractivity contribution is 7.90. The highest BCUT2D eigenvalue weighted by atomic mass is 32.2. The van der Waals surface area contributed by atoms with Crippen LogP contribution in [0.3, 0.4) is 0 Å². The average Bonchev–Trinajstić information content (AvgIpc) is 2.72. The maximum atomic E-state index is 12.0. The monoisotopic (exact) mass is 456 g/mol. The second-order valence-corrected chi connectivity index (χ2v) is 12.8. The average molecular weight is 457 g/mol. The van der Waals surface area contributed by atoms with E-state index in [-0.39, 0.29) is 5.75 Å². The molecule has 0 fully saturated rings. The molecule has 170 valence electrons. The zero-order valence-corrected chi connectivity index (χ0v) is 20.2. The number of hydrogen-bond donors (Lipinski definition) is 2. The third-order valence-electron chi connectivity index (χ3n) is 5.92. The molecule has 1 aromatic rings. The molecule has 0 saturated heterocycles. The van der Waals surface area contributed by atoms with Crippen molar-refractivity contribution in [2.45, 2.75) is 58.6 Å². The Balaban J connectivity index is 1.86. The lowest BCUT2D eigenvalue weighted by molar-refractivity contribution is 0.334. The zero-order valence-electron chi connectivity index (χ0n) is 18.5. The molecule has 2 unspecified atom stereocenters. The van der Waals surface area contributed by atoms with E-state index in [4.69, 9.17) is 0 Å². The smallest absolute Gasteiger partial charge is 0.213 e. The topological polar surface area (TPSA) is 92.3 Å². The van der Waals surface area contributed by atoms with Gasteiger partial charge in [0.1, 0.15) is 0 Å². The number of benzene rings is 1. The summed E-state index contributed by atoms with van der Waals surface area (Å²) in [6, 6.07) is 8.34. The van der Waals surface area contributed by atoms with Gasteiger partial charge in [-0.25, -0.2) is 26.3 Å². The van der Waals surface area contributed by atoms with Gasteiger partial charge in [0.15, 0.2) is 0 Å². The predicted octanol–water partition coefficient (Wildman–Crippen LogP) is 3.32. The van der Waals surface area contributed by atoms with E-state index in [0.29, 0.717) is 31.3 Å². The molecule has 0 spiro atoms. The summed E-state index contributed by atoms with van der Waals surface area (Å²) >= 11 is 0. The SMILES string of the molecule is CCS(=O)(=O)NCCc1ccc(C2=CCC(C(C)CNS(=O)(=O)C(C)C)CC2)cc1. The molecule has 1 aliphatic carbocycles. The fourth-order valence-electron chi connectivity index (χ4n) is 3.55. The van der Waals surface area contributed by atoms with Crippen LogP contribution < -0.4 is 9.44 Å². The second-order valence-electron chi connectivity index (χ2n) is 8.43.